The minimum absolute atomic E-state index is 0.000831. The number of nitrogens with zero attached hydrogens (tertiary/aromatic N) is 2. The van der Waals surface area contributed by atoms with Crippen LogP contribution in [0.3, 0.4) is 0 Å². The summed E-state index contributed by atoms with van der Waals surface area (Å²) in [4.78, 5) is 81.6. The van der Waals surface area contributed by atoms with E-state index in [0.29, 0.717) is 0 Å². The van der Waals surface area contributed by atoms with Gasteiger partial charge in [-0.05, 0) is 90.0 Å². The lowest BCUT2D eigenvalue weighted by atomic mass is 10.2. The summed E-state index contributed by atoms with van der Waals surface area (Å²) in [6.45, 7) is 19.3. The van der Waals surface area contributed by atoms with Crippen LogP contribution in [0.15, 0.2) is 9.98 Å². The highest BCUT2D eigenvalue weighted by Crippen LogP contribution is 2.10. The predicted octanol–water partition coefficient (Wildman–Crippen LogP) is 3.88. The first-order chi connectivity index (χ1) is 22.2. The SMILES string of the molecule is CCOC(=O)OCC(=O)OC(CN/C(=N\C(=O)OC(C)(C)C)NC(=O)OC(C)(C)C)CN/C(=N\C(=O)OC(C)(C)C)NC(=O)OC(C)(C)C. The van der Waals surface area contributed by atoms with E-state index in [1.807, 2.05) is 0 Å². The molecule has 0 heterocycles. The van der Waals surface area contributed by atoms with Gasteiger partial charge in [-0.2, -0.15) is 0 Å². The van der Waals surface area contributed by atoms with Gasteiger partial charge in [0.2, 0.25) is 11.9 Å². The number of rotatable bonds is 8. The molecule has 0 aromatic heterocycles. The maximum absolute atomic E-state index is 12.6. The molecule has 0 spiro atoms. The Morgan fingerprint density at radius 1 is 0.571 bits per heavy atom. The third kappa shape index (κ3) is 25.9. The van der Waals surface area contributed by atoms with E-state index < -0.39 is 83.5 Å². The molecular weight excluding hydrogens is 652 g/mol. The summed E-state index contributed by atoms with van der Waals surface area (Å²) in [5.74, 6) is -1.93. The smallest absolute Gasteiger partial charge is 0.456 e. The zero-order valence-corrected chi connectivity index (χ0v) is 30.6. The van der Waals surface area contributed by atoms with Crippen LogP contribution in [0.5, 0.6) is 0 Å². The molecule has 0 radical (unpaired) electrons. The summed E-state index contributed by atoms with van der Waals surface area (Å²) in [5.41, 5.74) is -3.67. The van der Waals surface area contributed by atoms with Crippen molar-refractivity contribution >= 4 is 48.4 Å². The van der Waals surface area contributed by atoms with Crippen LogP contribution in [0.1, 0.15) is 90.0 Å². The van der Waals surface area contributed by atoms with Crippen molar-refractivity contribution in [2.75, 3.05) is 26.3 Å². The van der Waals surface area contributed by atoms with Gasteiger partial charge in [0.25, 0.3) is 0 Å². The van der Waals surface area contributed by atoms with Crippen LogP contribution >= 0.6 is 0 Å². The molecule has 0 unspecified atom stereocenters. The number of ether oxygens (including phenoxy) is 7. The summed E-state index contributed by atoms with van der Waals surface area (Å²) in [5, 5.41) is 9.88. The number of guanidine groups is 2. The third-order valence-electron chi connectivity index (χ3n) is 4.29. The van der Waals surface area contributed by atoms with Gasteiger partial charge in [0.15, 0.2) is 6.61 Å². The maximum Gasteiger partial charge on any atom is 0.508 e. The van der Waals surface area contributed by atoms with Gasteiger partial charge in [0, 0.05) is 0 Å². The van der Waals surface area contributed by atoms with E-state index in [1.165, 1.54) is 6.92 Å². The highest BCUT2D eigenvalue weighted by molar-refractivity contribution is 5.99. The lowest BCUT2D eigenvalue weighted by molar-refractivity contribution is -0.152. The van der Waals surface area contributed by atoms with Gasteiger partial charge >= 0.3 is 36.5 Å². The first-order valence-electron chi connectivity index (χ1n) is 15.3. The standard InChI is InChI=1S/C30H52N6O13/c1-14-43-26(42)44-17-19(37)45-18(15-31-20(33-22(38)46-27(2,3)4)34-23(39)47-28(5,6)7)16-32-21(35-24(40)48-29(8,9)10)36-25(41)49-30(11,12)13/h18H,14-17H2,1-13H3,(H2,31,33,34,38,39)(H2,32,35,36,40,41). The van der Waals surface area contributed by atoms with Crippen molar-refractivity contribution in [2.24, 2.45) is 9.98 Å². The average Bonchev–Trinajstić information content (AvgIpc) is 2.84. The van der Waals surface area contributed by atoms with Crippen molar-refractivity contribution in [2.45, 2.75) is 119 Å². The molecule has 0 atom stereocenters. The minimum atomic E-state index is -1.26. The monoisotopic (exact) mass is 704 g/mol. The lowest BCUT2D eigenvalue weighted by Gasteiger charge is -2.24. The van der Waals surface area contributed by atoms with Crippen LogP contribution in [0, 0.1) is 0 Å². The molecule has 49 heavy (non-hydrogen) atoms. The van der Waals surface area contributed by atoms with Crippen LogP contribution < -0.4 is 21.3 Å². The van der Waals surface area contributed by atoms with Crippen molar-refractivity contribution in [3.8, 4) is 0 Å². The van der Waals surface area contributed by atoms with E-state index in [4.69, 9.17) is 28.4 Å². The molecule has 0 aliphatic carbocycles. The molecule has 0 aliphatic rings. The van der Waals surface area contributed by atoms with Crippen molar-refractivity contribution in [1.82, 2.24) is 21.3 Å². The van der Waals surface area contributed by atoms with Crippen molar-refractivity contribution in [3.05, 3.63) is 0 Å². The Hall–Kier alpha value is -4.84. The van der Waals surface area contributed by atoms with Gasteiger partial charge in [-0.15, -0.1) is 9.98 Å². The molecule has 280 valence electrons. The molecule has 19 heteroatoms. The molecule has 0 aromatic carbocycles. The maximum atomic E-state index is 12.6. The molecule has 0 saturated heterocycles. The third-order valence-corrected chi connectivity index (χ3v) is 4.29. The Labute approximate surface area is 286 Å². The normalized spacial score (nSPS) is 12.6. The summed E-state index contributed by atoms with van der Waals surface area (Å²) in [6.07, 6.45) is -6.49. The molecule has 0 rings (SSSR count). The predicted molar refractivity (Wildman–Crippen MR) is 175 cm³/mol. The van der Waals surface area contributed by atoms with E-state index >= 15 is 0 Å². The molecule has 0 bridgehead atoms. The van der Waals surface area contributed by atoms with E-state index in [-0.39, 0.29) is 19.7 Å². The number of carbonyl (C=O) groups is 6. The van der Waals surface area contributed by atoms with Gasteiger partial charge in [0.1, 0.15) is 28.5 Å². The summed E-state index contributed by atoms with van der Waals surface area (Å²) in [6, 6.07) is 0. The van der Waals surface area contributed by atoms with E-state index in [1.54, 1.807) is 83.1 Å². The highest BCUT2D eigenvalue weighted by Gasteiger charge is 2.25. The fourth-order valence-corrected chi connectivity index (χ4v) is 2.85. The Balaban J connectivity index is 6.33. The Morgan fingerprint density at radius 3 is 1.27 bits per heavy atom. The van der Waals surface area contributed by atoms with E-state index in [2.05, 4.69) is 36.0 Å². The van der Waals surface area contributed by atoms with E-state index in [9.17, 15) is 28.8 Å². The number of hydrogen-bond acceptors (Lipinski definition) is 13. The number of alkyl carbamates (subject to hydrolysis) is 2. The van der Waals surface area contributed by atoms with Gasteiger partial charge in [-0.25, -0.2) is 28.8 Å². The Kier molecular flexibility index (Phi) is 17.3. The second kappa shape index (κ2) is 19.2. The minimum Gasteiger partial charge on any atom is -0.456 e. The number of aliphatic imine (C=N–C) groups is 2. The van der Waals surface area contributed by atoms with Crippen LogP contribution in [-0.2, 0) is 38.0 Å². The molecule has 0 aliphatic heterocycles. The number of carbonyl (C=O) groups excluding carboxylic acids is 6. The molecule has 0 aromatic rings. The molecule has 19 nitrogen and oxygen atoms in total. The summed E-state index contributed by atoms with van der Waals surface area (Å²) in [7, 11) is 0. The van der Waals surface area contributed by atoms with Crippen molar-refractivity contribution in [1.29, 1.82) is 0 Å². The fourth-order valence-electron chi connectivity index (χ4n) is 2.85. The summed E-state index contributed by atoms with van der Waals surface area (Å²) < 4.78 is 35.5. The van der Waals surface area contributed by atoms with Gasteiger partial charge in [-0.3, -0.25) is 10.6 Å². The fraction of sp³-hybridized carbons (Fsp3) is 0.733. The average molecular weight is 705 g/mol. The molecular formula is C30H52N6O13. The first kappa shape index (κ1) is 44.2. The van der Waals surface area contributed by atoms with Gasteiger partial charge in [0.05, 0.1) is 19.7 Å². The van der Waals surface area contributed by atoms with Gasteiger partial charge < -0.3 is 43.8 Å². The Morgan fingerprint density at radius 2 is 0.939 bits per heavy atom. The van der Waals surface area contributed by atoms with E-state index in [0.717, 1.165) is 0 Å². The van der Waals surface area contributed by atoms with Crippen LogP contribution in [0.25, 0.3) is 0 Å². The van der Waals surface area contributed by atoms with Crippen LogP contribution in [0.2, 0.25) is 0 Å². The lowest BCUT2D eigenvalue weighted by Crippen LogP contribution is -2.51. The zero-order chi connectivity index (χ0) is 38.2. The zero-order valence-electron chi connectivity index (χ0n) is 30.6. The molecule has 0 fully saturated rings. The second-order valence-electron chi connectivity index (χ2n) is 14.0. The van der Waals surface area contributed by atoms with Crippen LogP contribution in [-0.4, -0.2) is 103 Å². The molecule has 4 N–H and O–H groups in total. The quantitative estimate of drug-likeness (QED) is 0.121. The Bertz CT molecular complexity index is 1150. The highest BCUT2D eigenvalue weighted by atomic mass is 16.7. The number of nitrogens with one attached hydrogen (secondary N) is 4. The number of hydrogen-bond donors (Lipinski definition) is 4. The first-order valence-corrected chi connectivity index (χ1v) is 15.3. The second-order valence-corrected chi connectivity index (χ2v) is 14.0. The number of esters is 1. The van der Waals surface area contributed by atoms with Gasteiger partial charge in [-0.1, -0.05) is 0 Å². The molecule has 0 saturated carbocycles. The summed E-state index contributed by atoms with van der Waals surface area (Å²) >= 11 is 0. The van der Waals surface area contributed by atoms with Crippen LogP contribution in [0.4, 0.5) is 24.0 Å². The largest absolute Gasteiger partial charge is 0.508 e. The molecule has 4 amide bonds. The van der Waals surface area contributed by atoms with Crippen molar-refractivity contribution < 1.29 is 61.9 Å². The van der Waals surface area contributed by atoms with Crippen molar-refractivity contribution in [3.63, 3.8) is 0 Å². The topological polar surface area (TPSA) is 240 Å². The number of amides is 4.